The zero-order valence-electron chi connectivity index (χ0n) is 17.1. The number of nitrogens with one attached hydrogen (secondary N) is 1. The van der Waals surface area contributed by atoms with Crippen molar-refractivity contribution in [3.05, 3.63) is 78.4 Å². The van der Waals surface area contributed by atoms with E-state index in [1.807, 2.05) is 4.90 Å². The first kappa shape index (κ1) is 19.9. The Balaban J connectivity index is 1.47. The van der Waals surface area contributed by atoms with Crippen LogP contribution in [0.5, 0.6) is 5.75 Å². The van der Waals surface area contributed by atoms with E-state index in [1.165, 1.54) is 12.1 Å². The van der Waals surface area contributed by atoms with Crippen molar-refractivity contribution < 1.29 is 14.3 Å². The predicted octanol–water partition coefficient (Wildman–Crippen LogP) is 3.55. The number of benzene rings is 2. The number of amides is 1. The number of aromatic hydroxyl groups is 1. The molecule has 1 saturated heterocycles. The molecule has 5 rings (SSSR count). The van der Waals surface area contributed by atoms with Gasteiger partial charge in [-0.05, 0) is 48.9 Å². The minimum absolute atomic E-state index is 0.0711. The maximum Gasteiger partial charge on any atom is 0.270 e. The molecule has 0 saturated carbocycles. The molecule has 2 aromatic heterocycles. The molecule has 0 unspecified atom stereocenters. The Hall–Kier alpha value is -4.07. The first-order chi connectivity index (χ1) is 15.6. The zero-order valence-corrected chi connectivity index (χ0v) is 17.1. The van der Waals surface area contributed by atoms with Crippen LogP contribution >= 0.6 is 0 Å². The largest absolute Gasteiger partial charge is 0.507 e. The number of hydrogen-bond acceptors (Lipinski definition) is 6. The van der Waals surface area contributed by atoms with Crippen molar-refractivity contribution in [2.24, 2.45) is 0 Å². The average Bonchev–Trinajstić information content (AvgIpc) is 3.27. The predicted molar refractivity (Wildman–Crippen MR) is 119 cm³/mol. The quantitative estimate of drug-likeness (QED) is 0.516. The SMILES string of the molecule is O=C(N[C@@H]1CCN(c2nc(-c3ccccc3O)nc3ccc(F)cc23)C1)c1ccccn1. The Labute approximate surface area is 183 Å². The Morgan fingerprint density at radius 1 is 1.09 bits per heavy atom. The van der Waals surface area contributed by atoms with E-state index in [2.05, 4.69) is 20.3 Å². The first-order valence-electron chi connectivity index (χ1n) is 10.3. The zero-order chi connectivity index (χ0) is 22.1. The molecule has 0 bridgehead atoms. The van der Waals surface area contributed by atoms with E-state index < -0.39 is 0 Å². The molecule has 2 N–H and O–H groups in total. The Morgan fingerprint density at radius 3 is 2.75 bits per heavy atom. The van der Waals surface area contributed by atoms with E-state index in [0.29, 0.717) is 53.3 Å². The van der Waals surface area contributed by atoms with Gasteiger partial charge in [0, 0.05) is 30.7 Å². The van der Waals surface area contributed by atoms with Crippen LogP contribution in [0.4, 0.5) is 10.2 Å². The summed E-state index contributed by atoms with van der Waals surface area (Å²) in [7, 11) is 0. The minimum atomic E-state index is -0.378. The Morgan fingerprint density at radius 2 is 1.94 bits per heavy atom. The summed E-state index contributed by atoms with van der Waals surface area (Å²) in [5.41, 5.74) is 1.44. The number of halogens is 1. The van der Waals surface area contributed by atoms with Crippen LogP contribution < -0.4 is 10.2 Å². The van der Waals surface area contributed by atoms with E-state index in [-0.39, 0.29) is 23.5 Å². The second-order valence-electron chi connectivity index (χ2n) is 7.67. The minimum Gasteiger partial charge on any atom is -0.507 e. The normalized spacial score (nSPS) is 15.8. The van der Waals surface area contributed by atoms with Gasteiger partial charge in [0.2, 0.25) is 0 Å². The van der Waals surface area contributed by atoms with E-state index >= 15 is 0 Å². The van der Waals surface area contributed by atoms with Crippen LogP contribution in [0, 0.1) is 5.82 Å². The molecule has 1 aliphatic rings. The van der Waals surface area contributed by atoms with Gasteiger partial charge in [-0.25, -0.2) is 14.4 Å². The Kier molecular flexibility index (Phi) is 5.10. The van der Waals surface area contributed by atoms with Crippen molar-refractivity contribution in [2.45, 2.75) is 12.5 Å². The lowest BCUT2D eigenvalue weighted by atomic mass is 10.1. The van der Waals surface area contributed by atoms with Crippen molar-refractivity contribution in [3.63, 3.8) is 0 Å². The lowest BCUT2D eigenvalue weighted by Crippen LogP contribution is -2.37. The molecular weight excluding hydrogens is 409 g/mol. The fourth-order valence-electron chi connectivity index (χ4n) is 3.94. The van der Waals surface area contributed by atoms with Gasteiger partial charge in [0.15, 0.2) is 5.82 Å². The van der Waals surface area contributed by atoms with Gasteiger partial charge < -0.3 is 15.3 Å². The third-order valence-electron chi connectivity index (χ3n) is 5.50. The molecule has 2 aromatic carbocycles. The summed E-state index contributed by atoms with van der Waals surface area (Å²) in [5.74, 6) is 0.394. The molecule has 0 radical (unpaired) electrons. The number of pyridine rings is 1. The van der Waals surface area contributed by atoms with E-state index in [4.69, 9.17) is 0 Å². The lowest BCUT2D eigenvalue weighted by molar-refractivity contribution is 0.0935. The fraction of sp³-hybridized carbons (Fsp3) is 0.167. The smallest absolute Gasteiger partial charge is 0.270 e. The molecule has 4 aromatic rings. The number of rotatable bonds is 4. The molecule has 1 fully saturated rings. The number of phenols is 1. The molecule has 0 aliphatic carbocycles. The molecular formula is C24H20FN5O2. The van der Waals surface area contributed by atoms with Crippen molar-refractivity contribution in [1.29, 1.82) is 0 Å². The number of anilines is 1. The number of para-hydroxylation sites is 1. The summed E-state index contributed by atoms with van der Waals surface area (Å²) < 4.78 is 14.0. The number of hydrogen-bond donors (Lipinski definition) is 2. The van der Waals surface area contributed by atoms with Crippen LogP contribution in [0.25, 0.3) is 22.3 Å². The summed E-state index contributed by atoms with van der Waals surface area (Å²) in [4.78, 5) is 27.8. The number of carbonyl (C=O) groups is 1. The van der Waals surface area contributed by atoms with E-state index in [0.717, 1.165) is 0 Å². The van der Waals surface area contributed by atoms with Crippen molar-refractivity contribution >= 4 is 22.6 Å². The second-order valence-corrected chi connectivity index (χ2v) is 7.67. The van der Waals surface area contributed by atoms with Gasteiger partial charge >= 0.3 is 0 Å². The summed E-state index contributed by atoms with van der Waals surface area (Å²) in [6.45, 7) is 1.15. The fourth-order valence-corrected chi connectivity index (χ4v) is 3.94. The van der Waals surface area contributed by atoms with Crippen LogP contribution in [-0.2, 0) is 0 Å². The van der Waals surface area contributed by atoms with Gasteiger partial charge in [0.1, 0.15) is 23.1 Å². The molecule has 0 spiro atoms. The van der Waals surface area contributed by atoms with Crippen LogP contribution in [0.15, 0.2) is 66.9 Å². The summed E-state index contributed by atoms with van der Waals surface area (Å²) in [5, 5.41) is 13.9. The van der Waals surface area contributed by atoms with Crippen molar-refractivity contribution in [3.8, 4) is 17.1 Å². The Bertz CT molecular complexity index is 1300. The third-order valence-corrected chi connectivity index (χ3v) is 5.50. The van der Waals surface area contributed by atoms with Gasteiger partial charge in [-0.15, -0.1) is 0 Å². The summed E-state index contributed by atoms with van der Waals surface area (Å²) in [6.07, 6.45) is 2.29. The summed E-state index contributed by atoms with van der Waals surface area (Å²) >= 11 is 0. The highest BCUT2D eigenvalue weighted by atomic mass is 19.1. The highest BCUT2D eigenvalue weighted by molar-refractivity contribution is 5.93. The van der Waals surface area contributed by atoms with Crippen LogP contribution in [0.1, 0.15) is 16.9 Å². The molecule has 32 heavy (non-hydrogen) atoms. The summed E-state index contributed by atoms with van der Waals surface area (Å²) in [6, 6.07) is 16.3. The van der Waals surface area contributed by atoms with Crippen molar-refractivity contribution in [1.82, 2.24) is 20.3 Å². The van der Waals surface area contributed by atoms with Crippen molar-refractivity contribution in [2.75, 3.05) is 18.0 Å². The molecule has 7 nitrogen and oxygen atoms in total. The molecule has 1 atom stereocenters. The average molecular weight is 429 g/mol. The second kappa shape index (κ2) is 8.22. The van der Waals surface area contributed by atoms with Gasteiger partial charge in [0.25, 0.3) is 5.91 Å². The third kappa shape index (κ3) is 3.82. The van der Waals surface area contributed by atoms with E-state index in [9.17, 15) is 14.3 Å². The number of nitrogens with zero attached hydrogens (tertiary/aromatic N) is 4. The van der Waals surface area contributed by atoms with Crippen LogP contribution in [-0.4, -0.2) is 45.1 Å². The highest BCUT2D eigenvalue weighted by Crippen LogP contribution is 2.33. The van der Waals surface area contributed by atoms with Gasteiger partial charge in [-0.1, -0.05) is 18.2 Å². The van der Waals surface area contributed by atoms with E-state index in [1.54, 1.807) is 54.7 Å². The lowest BCUT2D eigenvalue weighted by Gasteiger charge is -2.21. The number of fused-ring (bicyclic) bond motifs is 1. The van der Waals surface area contributed by atoms with Crippen LogP contribution in [0.3, 0.4) is 0 Å². The molecule has 8 heteroatoms. The number of phenolic OH excluding ortho intramolecular Hbond substituents is 1. The van der Waals surface area contributed by atoms with Gasteiger partial charge in [-0.3, -0.25) is 9.78 Å². The van der Waals surface area contributed by atoms with Gasteiger partial charge in [-0.2, -0.15) is 0 Å². The first-order valence-corrected chi connectivity index (χ1v) is 10.3. The molecule has 3 heterocycles. The molecule has 1 amide bonds. The maximum absolute atomic E-state index is 14.0. The molecule has 1 aliphatic heterocycles. The standard InChI is InChI=1S/C24H20FN5O2/c25-15-8-9-19-18(13-15)23(29-22(28-19)17-5-1-2-7-21(17)31)30-12-10-16(14-30)27-24(32)20-6-3-4-11-26-20/h1-9,11,13,16,31H,10,12,14H2,(H,27,32)/t16-/m1/s1. The van der Waals surface area contributed by atoms with Gasteiger partial charge in [0.05, 0.1) is 11.1 Å². The van der Waals surface area contributed by atoms with Crippen LogP contribution in [0.2, 0.25) is 0 Å². The molecule has 160 valence electrons. The number of aromatic nitrogens is 3. The topological polar surface area (TPSA) is 91.2 Å². The monoisotopic (exact) mass is 429 g/mol. The maximum atomic E-state index is 14.0. The number of carbonyl (C=O) groups excluding carboxylic acids is 1. The highest BCUT2D eigenvalue weighted by Gasteiger charge is 2.27.